The van der Waals surface area contributed by atoms with Crippen LogP contribution in [0.4, 0.5) is 5.82 Å². The molecule has 2 N–H and O–H groups in total. The summed E-state index contributed by atoms with van der Waals surface area (Å²) in [5.74, 6) is 0.187. The van der Waals surface area contributed by atoms with Gasteiger partial charge in [0.1, 0.15) is 6.33 Å². The molecular weight excluding hydrogens is 280 g/mol. The quantitative estimate of drug-likeness (QED) is 0.714. The van der Waals surface area contributed by atoms with Crippen molar-refractivity contribution in [3.8, 4) is 0 Å². The SMILES string of the molecule is O=C(NNc1ccc2nncn2n1)c1ccc(Cl)cc1. The number of carbonyl (C=O) groups is 1. The van der Waals surface area contributed by atoms with Crippen LogP contribution in [0.25, 0.3) is 5.65 Å². The molecule has 100 valence electrons. The van der Waals surface area contributed by atoms with Gasteiger partial charge >= 0.3 is 0 Å². The van der Waals surface area contributed by atoms with Crippen LogP contribution in [0.15, 0.2) is 42.7 Å². The van der Waals surface area contributed by atoms with E-state index in [1.54, 1.807) is 36.4 Å². The van der Waals surface area contributed by atoms with Gasteiger partial charge in [0.25, 0.3) is 5.91 Å². The molecule has 0 saturated heterocycles. The highest BCUT2D eigenvalue weighted by Crippen LogP contribution is 2.09. The molecule has 0 bridgehead atoms. The summed E-state index contributed by atoms with van der Waals surface area (Å²) in [7, 11) is 0. The number of halogens is 1. The van der Waals surface area contributed by atoms with Crippen molar-refractivity contribution in [3.63, 3.8) is 0 Å². The highest BCUT2D eigenvalue weighted by Gasteiger charge is 2.05. The van der Waals surface area contributed by atoms with Crippen LogP contribution >= 0.6 is 11.6 Å². The Labute approximate surface area is 118 Å². The molecular formula is C12H9ClN6O. The molecule has 0 radical (unpaired) electrons. The van der Waals surface area contributed by atoms with Crippen LogP contribution in [0.3, 0.4) is 0 Å². The lowest BCUT2D eigenvalue weighted by molar-refractivity contribution is 0.0962. The van der Waals surface area contributed by atoms with E-state index in [9.17, 15) is 4.79 Å². The first-order valence-electron chi connectivity index (χ1n) is 5.71. The lowest BCUT2D eigenvalue weighted by Crippen LogP contribution is -2.29. The fourth-order valence-electron chi connectivity index (χ4n) is 1.59. The van der Waals surface area contributed by atoms with E-state index in [2.05, 4.69) is 26.1 Å². The fourth-order valence-corrected chi connectivity index (χ4v) is 1.72. The van der Waals surface area contributed by atoms with E-state index in [1.807, 2.05) is 0 Å². The summed E-state index contributed by atoms with van der Waals surface area (Å²) in [6.07, 6.45) is 1.47. The maximum atomic E-state index is 11.9. The number of rotatable bonds is 3. The van der Waals surface area contributed by atoms with E-state index in [1.165, 1.54) is 10.8 Å². The minimum atomic E-state index is -0.285. The highest BCUT2D eigenvalue weighted by molar-refractivity contribution is 6.30. The normalized spacial score (nSPS) is 10.4. The standard InChI is InChI=1S/C12H9ClN6O/c13-9-3-1-8(2-4-9)12(20)17-15-10-5-6-11-16-14-7-19(11)18-10/h1-7H,(H,15,18)(H,17,20). The van der Waals surface area contributed by atoms with Gasteiger partial charge in [0, 0.05) is 10.6 Å². The number of hydrogen-bond donors (Lipinski definition) is 2. The Morgan fingerprint density at radius 2 is 1.95 bits per heavy atom. The molecule has 0 fully saturated rings. The van der Waals surface area contributed by atoms with Crippen LogP contribution < -0.4 is 10.9 Å². The van der Waals surface area contributed by atoms with Crippen LogP contribution in [0.2, 0.25) is 5.02 Å². The van der Waals surface area contributed by atoms with Crippen molar-refractivity contribution in [2.45, 2.75) is 0 Å². The summed E-state index contributed by atoms with van der Waals surface area (Å²) in [4.78, 5) is 11.9. The number of aromatic nitrogens is 4. The van der Waals surface area contributed by atoms with Gasteiger partial charge in [0.2, 0.25) is 0 Å². The second-order valence-corrected chi connectivity index (χ2v) is 4.37. The Balaban J connectivity index is 1.69. The predicted molar refractivity (Wildman–Crippen MR) is 73.3 cm³/mol. The first-order chi connectivity index (χ1) is 9.72. The molecule has 0 saturated carbocycles. The fraction of sp³-hybridized carbons (Fsp3) is 0. The molecule has 1 amide bonds. The molecule has 2 heterocycles. The Bertz CT molecular complexity index is 754. The Morgan fingerprint density at radius 3 is 2.75 bits per heavy atom. The van der Waals surface area contributed by atoms with Gasteiger partial charge in [-0.1, -0.05) is 11.6 Å². The molecule has 3 rings (SSSR count). The molecule has 2 aromatic heterocycles. The van der Waals surface area contributed by atoms with Crippen molar-refractivity contribution >= 4 is 29.0 Å². The maximum absolute atomic E-state index is 11.9. The van der Waals surface area contributed by atoms with Gasteiger partial charge in [0.05, 0.1) is 0 Å². The van der Waals surface area contributed by atoms with Crippen molar-refractivity contribution in [2.24, 2.45) is 0 Å². The maximum Gasteiger partial charge on any atom is 0.269 e. The third-order valence-electron chi connectivity index (χ3n) is 2.57. The van der Waals surface area contributed by atoms with E-state index in [0.717, 1.165) is 0 Å². The zero-order valence-electron chi connectivity index (χ0n) is 10.1. The molecule has 1 aromatic carbocycles. The molecule has 20 heavy (non-hydrogen) atoms. The largest absolute Gasteiger partial charge is 0.280 e. The molecule has 7 nitrogen and oxygen atoms in total. The van der Waals surface area contributed by atoms with Gasteiger partial charge in [-0.25, -0.2) is 0 Å². The zero-order valence-corrected chi connectivity index (χ0v) is 10.9. The van der Waals surface area contributed by atoms with E-state index in [4.69, 9.17) is 11.6 Å². The van der Waals surface area contributed by atoms with E-state index >= 15 is 0 Å². The molecule has 8 heteroatoms. The molecule has 3 aromatic rings. The number of anilines is 1. The van der Waals surface area contributed by atoms with E-state index in [0.29, 0.717) is 22.1 Å². The number of hydrazine groups is 1. The molecule has 0 spiro atoms. The van der Waals surface area contributed by atoms with Gasteiger partial charge in [0.15, 0.2) is 11.5 Å². The molecule has 0 aliphatic heterocycles. The number of hydrogen-bond acceptors (Lipinski definition) is 5. The van der Waals surface area contributed by atoms with Gasteiger partial charge in [-0.05, 0) is 36.4 Å². The summed E-state index contributed by atoms with van der Waals surface area (Å²) in [5, 5.41) is 12.3. The second-order valence-electron chi connectivity index (χ2n) is 3.94. The first kappa shape index (κ1) is 12.4. The Morgan fingerprint density at radius 1 is 1.15 bits per heavy atom. The minimum absolute atomic E-state index is 0.285. The predicted octanol–water partition coefficient (Wildman–Crippen LogP) is 1.53. The first-order valence-corrected chi connectivity index (χ1v) is 6.09. The summed E-state index contributed by atoms with van der Waals surface area (Å²) in [6.45, 7) is 0. The number of amides is 1. The van der Waals surface area contributed by atoms with Gasteiger partial charge in [-0.2, -0.15) is 4.52 Å². The minimum Gasteiger partial charge on any atom is -0.280 e. The Hall–Kier alpha value is -2.67. The van der Waals surface area contributed by atoms with Gasteiger partial charge < -0.3 is 0 Å². The van der Waals surface area contributed by atoms with Crippen molar-refractivity contribution in [2.75, 3.05) is 5.43 Å². The molecule has 0 atom stereocenters. The van der Waals surface area contributed by atoms with Gasteiger partial charge in [-0.3, -0.25) is 15.6 Å². The van der Waals surface area contributed by atoms with E-state index < -0.39 is 0 Å². The van der Waals surface area contributed by atoms with Crippen molar-refractivity contribution < 1.29 is 4.79 Å². The summed E-state index contributed by atoms with van der Waals surface area (Å²) in [6, 6.07) is 9.99. The second kappa shape index (κ2) is 5.14. The smallest absolute Gasteiger partial charge is 0.269 e. The number of benzene rings is 1. The van der Waals surface area contributed by atoms with Gasteiger partial charge in [-0.15, -0.1) is 15.3 Å². The van der Waals surface area contributed by atoms with Crippen molar-refractivity contribution in [1.29, 1.82) is 0 Å². The third-order valence-corrected chi connectivity index (χ3v) is 2.82. The lowest BCUT2D eigenvalue weighted by Gasteiger charge is -2.07. The monoisotopic (exact) mass is 288 g/mol. The topological polar surface area (TPSA) is 84.2 Å². The Kier molecular flexibility index (Phi) is 3.18. The number of fused-ring (bicyclic) bond motifs is 1. The third kappa shape index (κ3) is 2.52. The van der Waals surface area contributed by atoms with Crippen LogP contribution in [0.1, 0.15) is 10.4 Å². The summed E-state index contributed by atoms with van der Waals surface area (Å²) < 4.78 is 1.50. The average Bonchev–Trinajstić information content (AvgIpc) is 2.93. The van der Waals surface area contributed by atoms with Crippen LogP contribution in [0.5, 0.6) is 0 Å². The van der Waals surface area contributed by atoms with Crippen LogP contribution in [-0.2, 0) is 0 Å². The van der Waals surface area contributed by atoms with Crippen LogP contribution in [0, 0.1) is 0 Å². The number of nitrogens with zero attached hydrogens (tertiary/aromatic N) is 4. The van der Waals surface area contributed by atoms with Crippen LogP contribution in [-0.4, -0.2) is 25.7 Å². The molecule has 0 aliphatic carbocycles. The molecule has 0 unspecified atom stereocenters. The number of carbonyl (C=O) groups excluding carboxylic acids is 1. The lowest BCUT2D eigenvalue weighted by atomic mass is 10.2. The average molecular weight is 289 g/mol. The highest BCUT2D eigenvalue weighted by atomic mass is 35.5. The molecule has 0 aliphatic rings. The summed E-state index contributed by atoms with van der Waals surface area (Å²) in [5.41, 5.74) is 6.38. The van der Waals surface area contributed by atoms with Crippen molar-refractivity contribution in [3.05, 3.63) is 53.3 Å². The van der Waals surface area contributed by atoms with Crippen molar-refractivity contribution in [1.82, 2.24) is 25.2 Å². The number of nitrogens with one attached hydrogen (secondary N) is 2. The summed E-state index contributed by atoms with van der Waals surface area (Å²) >= 11 is 5.76. The van der Waals surface area contributed by atoms with E-state index in [-0.39, 0.29) is 5.91 Å². The zero-order chi connectivity index (χ0) is 13.9.